The minimum Gasteiger partial charge on any atom is -0.508 e. The molecule has 1 rings (SSSR count). The van der Waals surface area contributed by atoms with E-state index in [-0.39, 0.29) is 23.0 Å². The largest absolute Gasteiger partial charge is 0.508 e. The van der Waals surface area contributed by atoms with Crippen molar-refractivity contribution in [2.45, 2.75) is 6.92 Å². The molecular formula is C11H16N2O3. The monoisotopic (exact) mass is 224 g/mol. The molecule has 1 amide bonds. The third-order valence-corrected chi connectivity index (χ3v) is 2.00. The number of aromatic hydroxyl groups is 2. The summed E-state index contributed by atoms with van der Waals surface area (Å²) in [6.45, 7) is 4.02. The highest BCUT2D eigenvalue weighted by atomic mass is 16.3. The van der Waals surface area contributed by atoms with Crippen molar-refractivity contribution in [2.75, 3.05) is 19.6 Å². The van der Waals surface area contributed by atoms with E-state index in [4.69, 9.17) is 0 Å². The Kier molecular flexibility index (Phi) is 4.60. The zero-order valence-electron chi connectivity index (χ0n) is 9.16. The average molecular weight is 224 g/mol. The number of hydrogen-bond acceptors (Lipinski definition) is 4. The average Bonchev–Trinajstić information content (AvgIpc) is 2.22. The van der Waals surface area contributed by atoms with Gasteiger partial charge in [0.25, 0.3) is 5.91 Å². The lowest BCUT2D eigenvalue weighted by molar-refractivity contribution is 0.0953. The summed E-state index contributed by atoms with van der Waals surface area (Å²) in [5.74, 6) is -0.572. The minimum atomic E-state index is -0.316. The first kappa shape index (κ1) is 12.3. The molecule has 0 aliphatic carbocycles. The summed E-state index contributed by atoms with van der Waals surface area (Å²) in [5, 5.41) is 24.1. The molecule has 16 heavy (non-hydrogen) atoms. The Morgan fingerprint density at radius 1 is 1.19 bits per heavy atom. The van der Waals surface area contributed by atoms with Crippen LogP contribution in [-0.2, 0) is 0 Å². The molecule has 0 heterocycles. The van der Waals surface area contributed by atoms with Crippen LogP contribution in [0, 0.1) is 0 Å². The number of carbonyl (C=O) groups excluding carboxylic acids is 1. The number of carbonyl (C=O) groups is 1. The van der Waals surface area contributed by atoms with Gasteiger partial charge < -0.3 is 20.8 Å². The van der Waals surface area contributed by atoms with Crippen molar-refractivity contribution in [2.24, 2.45) is 0 Å². The maximum absolute atomic E-state index is 11.6. The molecule has 0 spiro atoms. The number of rotatable bonds is 5. The Morgan fingerprint density at radius 3 is 2.38 bits per heavy atom. The van der Waals surface area contributed by atoms with Crippen molar-refractivity contribution in [1.82, 2.24) is 10.6 Å². The van der Waals surface area contributed by atoms with Crippen LogP contribution in [0.15, 0.2) is 18.2 Å². The van der Waals surface area contributed by atoms with Crippen LogP contribution in [-0.4, -0.2) is 35.8 Å². The van der Waals surface area contributed by atoms with Gasteiger partial charge in [-0.3, -0.25) is 4.79 Å². The molecule has 0 atom stereocenters. The first-order chi connectivity index (χ1) is 7.63. The van der Waals surface area contributed by atoms with E-state index in [2.05, 4.69) is 10.6 Å². The number of phenolic OH excluding ortho intramolecular Hbond substituents is 2. The van der Waals surface area contributed by atoms with E-state index < -0.39 is 0 Å². The summed E-state index contributed by atoms with van der Waals surface area (Å²) < 4.78 is 0. The van der Waals surface area contributed by atoms with Crippen LogP contribution in [0.5, 0.6) is 11.5 Å². The maximum Gasteiger partial charge on any atom is 0.251 e. The molecule has 0 aliphatic heterocycles. The van der Waals surface area contributed by atoms with Crippen molar-refractivity contribution in [3.63, 3.8) is 0 Å². The van der Waals surface area contributed by atoms with Gasteiger partial charge in [-0.2, -0.15) is 0 Å². The lowest BCUT2D eigenvalue weighted by Gasteiger charge is -2.06. The number of nitrogens with one attached hydrogen (secondary N) is 2. The molecule has 0 radical (unpaired) electrons. The van der Waals surface area contributed by atoms with Crippen LogP contribution in [0.1, 0.15) is 17.3 Å². The van der Waals surface area contributed by atoms with Gasteiger partial charge in [-0.15, -0.1) is 0 Å². The number of hydrogen-bond donors (Lipinski definition) is 4. The van der Waals surface area contributed by atoms with Crippen LogP contribution in [0.4, 0.5) is 0 Å². The summed E-state index contributed by atoms with van der Waals surface area (Å²) in [4.78, 5) is 11.6. The Morgan fingerprint density at radius 2 is 1.81 bits per heavy atom. The van der Waals surface area contributed by atoms with Crippen LogP contribution >= 0.6 is 0 Å². The second-order valence-corrected chi connectivity index (χ2v) is 3.35. The topological polar surface area (TPSA) is 81.6 Å². The molecule has 5 heteroatoms. The van der Waals surface area contributed by atoms with Gasteiger partial charge in [-0.25, -0.2) is 0 Å². The van der Waals surface area contributed by atoms with Crippen LogP contribution in [0.2, 0.25) is 0 Å². The highest BCUT2D eigenvalue weighted by Crippen LogP contribution is 2.19. The van der Waals surface area contributed by atoms with E-state index in [9.17, 15) is 15.0 Å². The molecular weight excluding hydrogens is 208 g/mol. The minimum absolute atomic E-state index is 0.128. The van der Waals surface area contributed by atoms with Crippen LogP contribution in [0.3, 0.4) is 0 Å². The van der Waals surface area contributed by atoms with Gasteiger partial charge in [0.2, 0.25) is 0 Å². The molecule has 0 aromatic heterocycles. The molecule has 0 aliphatic rings. The first-order valence-electron chi connectivity index (χ1n) is 5.15. The number of amides is 1. The molecule has 1 aromatic carbocycles. The van der Waals surface area contributed by atoms with Gasteiger partial charge >= 0.3 is 0 Å². The molecule has 1 aromatic rings. The number of likely N-dealkylation sites (N-methyl/N-ethyl adjacent to an activating group) is 1. The van der Waals surface area contributed by atoms with Gasteiger partial charge in [0, 0.05) is 24.7 Å². The molecule has 0 fully saturated rings. The quantitative estimate of drug-likeness (QED) is 0.547. The Balaban J connectivity index is 2.52. The van der Waals surface area contributed by atoms with E-state index in [0.717, 1.165) is 6.54 Å². The predicted octanol–water partition coefficient (Wildman–Crippen LogP) is 0.437. The summed E-state index contributed by atoms with van der Waals surface area (Å²) in [6, 6.07) is 3.79. The summed E-state index contributed by atoms with van der Waals surface area (Å²) in [5.41, 5.74) is 0.244. The molecule has 4 N–H and O–H groups in total. The fraction of sp³-hybridized carbons (Fsp3) is 0.364. The summed E-state index contributed by atoms with van der Waals surface area (Å²) >= 11 is 0. The lowest BCUT2D eigenvalue weighted by Crippen LogP contribution is -2.31. The second-order valence-electron chi connectivity index (χ2n) is 3.35. The van der Waals surface area contributed by atoms with Gasteiger partial charge in [0.15, 0.2) is 0 Å². The molecule has 0 saturated heterocycles. The lowest BCUT2D eigenvalue weighted by atomic mass is 10.2. The van der Waals surface area contributed by atoms with Crippen LogP contribution in [0.25, 0.3) is 0 Å². The molecule has 88 valence electrons. The molecule has 5 nitrogen and oxygen atoms in total. The van der Waals surface area contributed by atoms with Crippen molar-refractivity contribution < 1.29 is 15.0 Å². The van der Waals surface area contributed by atoms with Crippen molar-refractivity contribution >= 4 is 5.91 Å². The maximum atomic E-state index is 11.6. The smallest absolute Gasteiger partial charge is 0.251 e. The van der Waals surface area contributed by atoms with E-state index in [1.54, 1.807) is 0 Å². The fourth-order valence-electron chi connectivity index (χ4n) is 1.27. The zero-order valence-corrected chi connectivity index (χ0v) is 9.16. The fourth-order valence-corrected chi connectivity index (χ4v) is 1.27. The Bertz CT molecular complexity index is 346. The SMILES string of the molecule is CCNCCNC(=O)c1cc(O)cc(O)c1. The molecule has 0 unspecified atom stereocenters. The van der Waals surface area contributed by atoms with Crippen molar-refractivity contribution in [1.29, 1.82) is 0 Å². The van der Waals surface area contributed by atoms with E-state index in [1.165, 1.54) is 18.2 Å². The first-order valence-corrected chi connectivity index (χ1v) is 5.15. The predicted molar refractivity (Wildman–Crippen MR) is 60.6 cm³/mol. The van der Waals surface area contributed by atoms with Crippen molar-refractivity contribution in [3.05, 3.63) is 23.8 Å². The van der Waals surface area contributed by atoms with E-state index in [1.807, 2.05) is 6.92 Å². The van der Waals surface area contributed by atoms with Crippen molar-refractivity contribution in [3.8, 4) is 11.5 Å². The molecule has 0 bridgehead atoms. The zero-order chi connectivity index (χ0) is 12.0. The van der Waals surface area contributed by atoms with Gasteiger partial charge in [-0.1, -0.05) is 6.92 Å². The van der Waals surface area contributed by atoms with Gasteiger partial charge in [-0.05, 0) is 18.7 Å². The normalized spacial score (nSPS) is 10.1. The van der Waals surface area contributed by atoms with E-state index >= 15 is 0 Å². The van der Waals surface area contributed by atoms with Gasteiger partial charge in [0.1, 0.15) is 11.5 Å². The highest BCUT2D eigenvalue weighted by Gasteiger charge is 2.07. The Labute approximate surface area is 94.1 Å². The third-order valence-electron chi connectivity index (χ3n) is 2.00. The van der Waals surface area contributed by atoms with Crippen LogP contribution < -0.4 is 10.6 Å². The highest BCUT2D eigenvalue weighted by molar-refractivity contribution is 5.95. The summed E-state index contributed by atoms with van der Waals surface area (Å²) in [6.07, 6.45) is 0. The molecule has 0 saturated carbocycles. The second kappa shape index (κ2) is 5.97. The number of benzene rings is 1. The van der Waals surface area contributed by atoms with E-state index in [0.29, 0.717) is 13.1 Å². The Hall–Kier alpha value is -1.75. The third kappa shape index (κ3) is 3.78. The standard InChI is InChI=1S/C11H16N2O3/c1-2-12-3-4-13-11(16)8-5-9(14)7-10(15)6-8/h5-7,12,14-15H,2-4H2,1H3,(H,13,16). The number of phenols is 2. The van der Waals surface area contributed by atoms with Gasteiger partial charge in [0.05, 0.1) is 0 Å². The summed E-state index contributed by atoms with van der Waals surface area (Å²) in [7, 11) is 0.